The van der Waals surface area contributed by atoms with E-state index in [9.17, 15) is 19.5 Å². The standard InChI is InChI=1S/C17H16N2O6/c20-14-11-3-1-2-4-12(11)15(21)13(14)19-18-10-6-8(16(22)23)5-9(7-10)17(24)25/h5-7,11-12,20H,1-4H2,(H,22,23)(H,24,25). The fraction of sp³-hybridized carbons (Fsp3) is 0.353. The maximum Gasteiger partial charge on any atom is 0.335 e. The highest BCUT2D eigenvalue weighted by molar-refractivity contribution is 6.00. The first-order valence-electron chi connectivity index (χ1n) is 7.89. The summed E-state index contributed by atoms with van der Waals surface area (Å²) < 4.78 is 0. The molecule has 0 spiro atoms. The molecule has 3 N–H and O–H groups in total. The minimum absolute atomic E-state index is 0.0136. The Labute approximate surface area is 142 Å². The number of hydrogen-bond donors (Lipinski definition) is 3. The lowest BCUT2D eigenvalue weighted by Gasteiger charge is -2.23. The molecule has 2 aliphatic carbocycles. The van der Waals surface area contributed by atoms with E-state index in [0.717, 1.165) is 37.5 Å². The molecular weight excluding hydrogens is 328 g/mol. The minimum Gasteiger partial charge on any atom is -0.510 e. The molecule has 25 heavy (non-hydrogen) atoms. The average Bonchev–Trinajstić information content (AvgIpc) is 2.84. The number of carboxylic acid groups (broad SMARTS) is 2. The predicted octanol–water partition coefficient (Wildman–Crippen LogP) is 3.33. The van der Waals surface area contributed by atoms with Gasteiger partial charge in [-0.25, -0.2) is 9.59 Å². The number of carbonyl (C=O) groups is 3. The van der Waals surface area contributed by atoms with Crippen LogP contribution in [0.2, 0.25) is 0 Å². The first-order valence-corrected chi connectivity index (χ1v) is 7.89. The largest absolute Gasteiger partial charge is 0.510 e. The Hall–Kier alpha value is -3.03. The molecule has 130 valence electrons. The lowest BCUT2D eigenvalue weighted by molar-refractivity contribution is -0.120. The number of aromatic carboxylic acids is 2. The number of aliphatic hydroxyl groups excluding tert-OH is 1. The van der Waals surface area contributed by atoms with E-state index in [-0.39, 0.29) is 45.9 Å². The van der Waals surface area contributed by atoms with Crippen LogP contribution >= 0.6 is 0 Å². The number of aliphatic hydroxyl groups is 1. The van der Waals surface area contributed by atoms with Crippen molar-refractivity contribution >= 4 is 23.4 Å². The fourth-order valence-electron chi connectivity index (χ4n) is 3.37. The Bertz CT molecular complexity index is 794. The number of rotatable bonds is 4. The van der Waals surface area contributed by atoms with Crippen LogP contribution < -0.4 is 0 Å². The lowest BCUT2D eigenvalue weighted by atomic mass is 9.80. The van der Waals surface area contributed by atoms with Crippen LogP contribution in [0, 0.1) is 11.8 Å². The predicted molar refractivity (Wildman–Crippen MR) is 85.0 cm³/mol. The van der Waals surface area contributed by atoms with Gasteiger partial charge in [-0.05, 0) is 31.0 Å². The third-order valence-electron chi connectivity index (χ3n) is 4.61. The van der Waals surface area contributed by atoms with Crippen molar-refractivity contribution in [1.82, 2.24) is 0 Å². The van der Waals surface area contributed by atoms with Gasteiger partial charge in [0.15, 0.2) is 11.5 Å². The molecule has 0 saturated heterocycles. The van der Waals surface area contributed by atoms with Crippen LogP contribution in [0.1, 0.15) is 46.4 Å². The summed E-state index contributed by atoms with van der Waals surface area (Å²) in [7, 11) is 0. The molecule has 2 unspecified atom stereocenters. The van der Waals surface area contributed by atoms with Gasteiger partial charge in [-0.2, -0.15) is 5.11 Å². The topological polar surface area (TPSA) is 137 Å². The Kier molecular flexibility index (Phi) is 4.35. The number of carbonyl (C=O) groups excluding carboxylic acids is 1. The second kappa shape index (κ2) is 6.46. The quantitative estimate of drug-likeness (QED) is 0.717. The summed E-state index contributed by atoms with van der Waals surface area (Å²) in [5.74, 6) is -3.45. The number of carboxylic acids is 2. The van der Waals surface area contributed by atoms with E-state index < -0.39 is 11.9 Å². The maximum absolute atomic E-state index is 12.4. The van der Waals surface area contributed by atoms with Gasteiger partial charge >= 0.3 is 11.9 Å². The van der Waals surface area contributed by atoms with E-state index in [1.807, 2.05) is 0 Å². The Morgan fingerprint density at radius 3 is 2.00 bits per heavy atom. The van der Waals surface area contributed by atoms with E-state index >= 15 is 0 Å². The van der Waals surface area contributed by atoms with E-state index in [1.54, 1.807) is 0 Å². The van der Waals surface area contributed by atoms with Crippen molar-refractivity contribution in [3.05, 3.63) is 40.8 Å². The summed E-state index contributed by atoms with van der Waals surface area (Å²) in [6.07, 6.45) is 3.28. The van der Waals surface area contributed by atoms with Gasteiger partial charge < -0.3 is 15.3 Å². The summed E-state index contributed by atoms with van der Waals surface area (Å²) in [5, 5.41) is 35.9. The molecule has 1 aromatic carbocycles. The maximum atomic E-state index is 12.4. The summed E-state index contributed by atoms with van der Waals surface area (Å²) in [4.78, 5) is 34.6. The van der Waals surface area contributed by atoms with Gasteiger partial charge in [-0.1, -0.05) is 12.8 Å². The number of Topliss-reactive ketones (excluding diaryl/α,β-unsaturated/α-hetero) is 1. The summed E-state index contributed by atoms with van der Waals surface area (Å²) in [5.41, 5.74) is -0.633. The molecule has 0 amide bonds. The summed E-state index contributed by atoms with van der Waals surface area (Å²) >= 11 is 0. The van der Waals surface area contributed by atoms with Gasteiger partial charge in [-0.3, -0.25) is 4.79 Å². The van der Waals surface area contributed by atoms with Crippen molar-refractivity contribution in [2.24, 2.45) is 22.1 Å². The van der Waals surface area contributed by atoms with Gasteiger partial charge in [0.2, 0.25) is 0 Å². The number of azo groups is 1. The molecule has 0 aromatic heterocycles. The molecule has 0 aliphatic heterocycles. The molecule has 2 atom stereocenters. The van der Waals surface area contributed by atoms with Crippen LogP contribution in [0.25, 0.3) is 0 Å². The van der Waals surface area contributed by atoms with Gasteiger partial charge in [-0.15, -0.1) is 5.11 Å². The number of nitrogens with zero attached hydrogens (tertiary/aromatic N) is 2. The van der Waals surface area contributed by atoms with E-state index in [2.05, 4.69) is 10.2 Å². The van der Waals surface area contributed by atoms with E-state index in [4.69, 9.17) is 10.2 Å². The van der Waals surface area contributed by atoms with Crippen molar-refractivity contribution in [1.29, 1.82) is 0 Å². The Morgan fingerprint density at radius 2 is 1.48 bits per heavy atom. The second-order valence-electron chi connectivity index (χ2n) is 6.17. The van der Waals surface area contributed by atoms with Crippen LogP contribution in [0.5, 0.6) is 0 Å². The summed E-state index contributed by atoms with van der Waals surface area (Å²) in [6, 6.07) is 3.32. The van der Waals surface area contributed by atoms with Gasteiger partial charge in [0.1, 0.15) is 5.76 Å². The molecule has 2 aliphatic rings. The van der Waals surface area contributed by atoms with Gasteiger partial charge in [0, 0.05) is 11.8 Å². The fourth-order valence-corrected chi connectivity index (χ4v) is 3.37. The molecule has 1 aromatic rings. The Balaban J connectivity index is 1.94. The van der Waals surface area contributed by atoms with E-state index in [0.29, 0.717) is 6.42 Å². The minimum atomic E-state index is -1.30. The molecular formula is C17H16N2O6. The molecule has 1 fully saturated rings. The van der Waals surface area contributed by atoms with Crippen LogP contribution in [0.4, 0.5) is 5.69 Å². The van der Waals surface area contributed by atoms with Crippen molar-refractivity contribution in [3.8, 4) is 0 Å². The highest BCUT2D eigenvalue weighted by Crippen LogP contribution is 2.43. The third-order valence-corrected chi connectivity index (χ3v) is 4.61. The third kappa shape index (κ3) is 3.15. The molecule has 0 heterocycles. The zero-order chi connectivity index (χ0) is 18.1. The number of ketones is 1. The number of hydrogen-bond acceptors (Lipinski definition) is 6. The zero-order valence-electron chi connectivity index (χ0n) is 13.2. The van der Waals surface area contributed by atoms with Crippen molar-refractivity contribution in [2.75, 3.05) is 0 Å². The van der Waals surface area contributed by atoms with Crippen molar-refractivity contribution in [3.63, 3.8) is 0 Å². The summed E-state index contributed by atoms with van der Waals surface area (Å²) in [6.45, 7) is 0. The molecule has 8 heteroatoms. The molecule has 0 radical (unpaired) electrons. The highest BCUT2D eigenvalue weighted by atomic mass is 16.4. The van der Waals surface area contributed by atoms with Crippen LogP contribution in [0.15, 0.2) is 39.9 Å². The Morgan fingerprint density at radius 1 is 0.920 bits per heavy atom. The molecule has 3 rings (SSSR count). The van der Waals surface area contributed by atoms with Gasteiger partial charge in [0.25, 0.3) is 0 Å². The highest BCUT2D eigenvalue weighted by Gasteiger charge is 2.43. The average molecular weight is 344 g/mol. The normalized spacial score (nSPS) is 23.1. The number of allylic oxidation sites excluding steroid dienone is 2. The van der Waals surface area contributed by atoms with Gasteiger partial charge in [0.05, 0.1) is 16.8 Å². The van der Waals surface area contributed by atoms with Crippen LogP contribution in [0.3, 0.4) is 0 Å². The smallest absolute Gasteiger partial charge is 0.335 e. The van der Waals surface area contributed by atoms with Crippen LogP contribution in [-0.4, -0.2) is 33.0 Å². The molecule has 0 bridgehead atoms. The second-order valence-corrected chi connectivity index (χ2v) is 6.17. The zero-order valence-corrected chi connectivity index (χ0v) is 13.2. The first-order chi connectivity index (χ1) is 11.9. The van der Waals surface area contributed by atoms with E-state index in [1.165, 1.54) is 0 Å². The number of benzene rings is 1. The number of fused-ring (bicyclic) bond motifs is 1. The van der Waals surface area contributed by atoms with Crippen LogP contribution in [-0.2, 0) is 4.79 Å². The first kappa shape index (κ1) is 16.8. The van der Waals surface area contributed by atoms with Crippen molar-refractivity contribution in [2.45, 2.75) is 25.7 Å². The SMILES string of the molecule is O=C(O)c1cc(N=NC2=C(O)C3CCCCC3C2=O)cc(C(=O)O)c1. The van der Waals surface area contributed by atoms with Crippen molar-refractivity contribution < 1.29 is 29.7 Å². The lowest BCUT2D eigenvalue weighted by Crippen LogP contribution is -2.21. The molecule has 1 saturated carbocycles. The molecule has 8 nitrogen and oxygen atoms in total. The monoisotopic (exact) mass is 344 g/mol.